The minimum Gasteiger partial charge on any atom is -0.353 e. The van der Waals surface area contributed by atoms with Gasteiger partial charge in [-0.15, -0.1) is 0 Å². The smallest absolute Gasteiger partial charge is 0.147 e. The maximum Gasteiger partial charge on any atom is 0.147 e. The van der Waals surface area contributed by atoms with Crippen molar-refractivity contribution in [2.75, 3.05) is 12.0 Å². The van der Waals surface area contributed by atoms with E-state index in [1.807, 2.05) is 36.4 Å². The van der Waals surface area contributed by atoms with E-state index in [0.717, 1.165) is 50.0 Å². The molecule has 2 N–H and O–H groups in total. The normalized spacial score (nSPS) is 11.9. The molecule has 0 unspecified atom stereocenters. The Morgan fingerprint density at radius 1 is 0.919 bits per heavy atom. The zero-order valence-corrected chi connectivity index (χ0v) is 20.6. The Balaban J connectivity index is 1.44. The summed E-state index contributed by atoms with van der Waals surface area (Å²) in [4.78, 5) is 16.1. The molecule has 184 valence electrons. The number of aryl methyl sites for hydroxylation is 1. The molecule has 0 radical (unpaired) electrons. The Morgan fingerprint density at radius 2 is 1.76 bits per heavy atom. The topological polar surface area (TPSA) is 117 Å². The molecule has 0 aliphatic heterocycles. The van der Waals surface area contributed by atoms with Crippen molar-refractivity contribution >= 4 is 31.6 Å². The SMILES string of the molecule is CS(=O)(=O)CCc1cc(F)cc(-c2cccc3[nH]c(-c4n[nH]c5cnc(-c6cncnc6)cc45)cc23)c1. The van der Waals surface area contributed by atoms with Gasteiger partial charge in [0.1, 0.15) is 27.7 Å². The lowest BCUT2D eigenvalue weighted by Gasteiger charge is -2.08. The van der Waals surface area contributed by atoms with Crippen LogP contribution in [0.4, 0.5) is 4.39 Å². The van der Waals surface area contributed by atoms with Crippen molar-refractivity contribution in [2.24, 2.45) is 0 Å². The Morgan fingerprint density at radius 3 is 2.57 bits per heavy atom. The molecule has 0 aliphatic rings. The number of rotatable bonds is 6. The highest BCUT2D eigenvalue weighted by Gasteiger charge is 2.16. The number of hydrogen-bond acceptors (Lipinski definition) is 6. The van der Waals surface area contributed by atoms with Crippen molar-refractivity contribution in [3.63, 3.8) is 0 Å². The van der Waals surface area contributed by atoms with Gasteiger partial charge in [0.15, 0.2) is 0 Å². The third-order valence-electron chi connectivity index (χ3n) is 6.25. The van der Waals surface area contributed by atoms with E-state index >= 15 is 0 Å². The third kappa shape index (κ3) is 4.58. The minimum atomic E-state index is -3.16. The number of H-pyrrole nitrogens is 2. The van der Waals surface area contributed by atoms with Gasteiger partial charge < -0.3 is 4.98 Å². The van der Waals surface area contributed by atoms with Gasteiger partial charge in [-0.05, 0) is 53.4 Å². The van der Waals surface area contributed by atoms with Crippen LogP contribution in [-0.2, 0) is 16.3 Å². The molecule has 6 rings (SSSR count). The van der Waals surface area contributed by atoms with Crippen molar-refractivity contribution in [2.45, 2.75) is 6.42 Å². The van der Waals surface area contributed by atoms with E-state index in [-0.39, 0.29) is 12.2 Å². The molecule has 0 amide bonds. The van der Waals surface area contributed by atoms with Crippen molar-refractivity contribution in [3.8, 4) is 33.8 Å². The fraction of sp³-hybridized carbons (Fsp3) is 0.111. The van der Waals surface area contributed by atoms with Crippen LogP contribution < -0.4 is 0 Å². The molecule has 4 aromatic heterocycles. The molecule has 10 heteroatoms. The van der Waals surface area contributed by atoms with Crippen LogP contribution in [0.25, 0.3) is 55.6 Å². The highest BCUT2D eigenvalue weighted by molar-refractivity contribution is 7.90. The first kappa shape index (κ1) is 23.0. The van der Waals surface area contributed by atoms with Crippen molar-refractivity contribution < 1.29 is 12.8 Å². The summed E-state index contributed by atoms with van der Waals surface area (Å²) in [6.45, 7) is 0. The Kier molecular flexibility index (Phi) is 5.53. The van der Waals surface area contributed by atoms with E-state index in [1.54, 1.807) is 18.6 Å². The number of aromatic amines is 2. The van der Waals surface area contributed by atoms with Crippen molar-refractivity contribution in [3.05, 3.63) is 84.8 Å². The molecular formula is C27H21FN6O2S. The van der Waals surface area contributed by atoms with Crippen LogP contribution >= 0.6 is 0 Å². The molecule has 2 aromatic carbocycles. The summed E-state index contributed by atoms with van der Waals surface area (Å²) in [5.74, 6) is -0.441. The average Bonchev–Trinajstić information content (AvgIpc) is 3.51. The Labute approximate surface area is 211 Å². The van der Waals surface area contributed by atoms with Gasteiger partial charge >= 0.3 is 0 Å². The van der Waals surface area contributed by atoms with E-state index in [4.69, 9.17) is 0 Å². The third-order valence-corrected chi connectivity index (χ3v) is 7.20. The molecule has 0 spiro atoms. The molecule has 0 saturated heterocycles. The zero-order valence-electron chi connectivity index (χ0n) is 19.7. The van der Waals surface area contributed by atoms with Crippen LogP contribution in [0.1, 0.15) is 5.56 Å². The summed E-state index contributed by atoms with van der Waals surface area (Å²) in [6.07, 6.45) is 8.05. The van der Waals surface area contributed by atoms with Crippen LogP contribution in [0.5, 0.6) is 0 Å². The number of aromatic nitrogens is 6. The van der Waals surface area contributed by atoms with Crippen LogP contribution in [0.15, 0.2) is 73.4 Å². The van der Waals surface area contributed by atoms with Gasteiger partial charge in [-0.1, -0.05) is 18.2 Å². The molecule has 0 atom stereocenters. The standard InChI is InChI=1S/C27H21FN6O2S/c1-37(35,36)6-5-16-7-17(9-19(28)8-16)20-3-2-4-23-21(20)10-25(32-23)27-22-11-24(18-12-29-15-30-13-18)31-14-26(22)33-34-27/h2-4,7-15,32H,5-6H2,1H3,(H,33,34). The fourth-order valence-electron chi connectivity index (χ4n) is 4.50. The Hall–Kier alpha value is -4.44. The van der Waals surface area contributed by atoms with Crippen LogP contribution in [0.3, 0.4) is 0 Å². The van der Waals surface area contributed by atoms with Crippen LogP contribution in [0.2, 0.25) is 0 Å². The summed E-state index contributed by atoms with van der Waals surface area (Å²) in [6, 6.07) is 14.4. The van der Waals surface area contributed by atoms with E-state index in [0.29, 0.717) is 11.1 Å². The van der Waals surface area contributed by atoms with E-state index in [1.165, 1.54) is 24.7 Å². The molecule has 6 aromatic rings. The number of benzene rings is 2. The molecule has 0 aliphatic carbocycles. The molecule has 0 fully saturated rings. The first-order valence-electron chi connectivity index (χ1n) is 11.5. The second-order valence-electron chi connectivity index (χ2n) is 8.99. The molecule has 37 heavy (non-hydrogen) atoms. The number of hydrogen-bond donors (Lipinski definition) is 2. The molecular weight excluding hydrogens is 491 g/mol. The lowest BCUT2D eigenvalue weighted by molar-refractivity contribution is 0.600. The van der Waals surface area contributed by atoms with Crippen molar-refractivity contribution in [1.82, 2.24) is 30.1 Å². The maximum absolute atomic E-state index is 14.5. The molecule has 0 bridgehead atoms. The number of pyridine rings is 1. The highest BCUT2D eigenvalue weighted by Crippen LogP contribution is 2.35. The zero-order chi connectivity index (χ0) is 25.6. The van der Waals surface area contributed by atoms with E-state index in [9.17, 15) is 12.8 Å². The lowest BCUT2D eigenvalue weighted by Crippen LogP contribution is -2.06. The largest absolute Gasteiger partial charge is 0.353 e. The van der Waals surface area contributed by atoms with Gasteiger partial charge in [0, 0.05) is 40.5 Å². The van der Waals surface area contributed by atoms with Gasteiger partial charge in [-0.2, -0.15) is 5.10 Å². The maximum atomic E-state index is 14.5. The number of sulfone groups is 1. The second kappa shape index (κ2) is 8.90. The quantitative estimate of drug-likeness (QED) is 0.326. The summed E-state index contributed by atoms with van der Waals surface area (Å²) in [5, 5.41) is 9.35. The second-order valence-corrected chi connectivity index (χ2v) is 11.3. The lowest BCUT2D eigenvalue weighted by atomic mass is 9.98. The Bertz CT molecular complexity index is 1880. The van der Waals surface area contributed by atoms with Gasteiger partial charge in [0.2, 0.25) is 0 Å². The van der Waals surface area contributed by atoms with Gasteiger partial charge in [0.05, 0.1) is 28.9 Å². The van der Waals surface area contributed by atoms with E-state index < -0.39 is 15.7 Å². The summed E-state index contributed by atoms with van der Waals surface area (Å²) >= 11 is 0. The number of fused-ring (bicyclic) bond motifs is 2. The first-order valence-corrected chi connectivity index (χ1v) is 13.6. The van der Waals surface area contributed by atoms with Crippen LogP contribution in [-0.4, -0.2) is 50.6 Å². The van der Waals surface area contributed by atoms with Gasteiger partial charge in [-0.3, -0.25) is 10.1 Å². The summed E-state index contributed by atoms with van der Waals surface area (Å²) in [7, 11) is -3.16. The summed E-state index contributed by atoms with van der Waals surface area (Å²) < 4.78 is 37.8. The number of halogens is 1. The van der Waals surface area contributed by atoms with Crippen LogP contribution in [0, 0.1) is 5.82 Å². The molecule has 8 nitrogen and oxygen atoms in total. The first-order chi connectivity index (χ1) is 17.8. The van der Waals surface area contributed by atoms with Gasteiger partial charge in [-0.25, -0.2) is 22.8 Å². The van der Waals surface area contributed by atoms with E-state index in [2.05, 4.69) is 30.1 Å². The van der Waals surface area contributed by atoms with Gasteiger partial charge in [0.25, 0.3) is 0 Å². The predicted octanol–water partition coefficient (Wildman–Crippen LogP) is 4.96. The molecule has 4 heterocycles. The number of nitrogens with zero attached hydrogens (tertiary/aromatic N) is 4. The summed E-state index contributed by atoms with van der Waals surface area (Å²) in [5.41, 5.74) is 6.87. The molecule has 0 saturated carbocycles. The van der Waals surface area contributed by atoms with Crippen molar-refractivity contribution in [1.29, 1.82) is 0 Å². The number of nitrogens with one attached hydrogen (secondary N) is 2. The monoisotopic (exact) mass is 512 g/mol. The highest BCUT2D eigenvalue weighted by atomic mass is 32.2. The minimum absolute atomic E-state index is 0.0351. The fourth-order valence-corrected chi connectivity index (χ4v) is 5.11. The predicted molar refractivity (Wildman–Crippen MR) is 141 cm³/mol. The average molecular weight is 513 g/mol.